The molecule has 2 aliphatic rings. The van der Waals surface area contributed by atoms with Gasteiger partial charge in [-0.15, -0.1) is 0 Å². The summed E-state index contributed by atoms with van der Waals surface area (Å²) in [4.78, 5) is 37.3. The van der Waals surface area contributed by atoms with Crippen molar-refractivity contribution in [2.75, 3.05) is 0 Å². The molecule has 0 saturated heterocycles. The minimum atomic E-state index is -0.321. The van der Waals surface area contributed by atoms with E-state index in [1.807, 2.05) is 6.08 Å². The van der Waals surface area contributed by atoms with Crippen LogP contribution in [0.15, 0.2) is 46.7 Å². The van der Waals surface area contributed by atoms with Crippen LogP contribution in [-0.2, 0) is 14.4 Å². The highest BCUT2D eigenvalue weighted by Gasteiger charge is 2.24. The van der Waals surface area contributed by atoms with Crippen LogP contribution in [0.2, 0.25) is 0 Å². The predicted molar refractivity (Wildman–Crippen MR) is 117 cm³/mol. The first kappa shape index (κ1) is 23.1. The van der Waals surface area contributed by atoms with Crippen molar-refractivity contribution in [3.63, 3.8) is 0 Å². The Hall–Kier alpha value is -2.23. The maximum absolute atomic E-state index is 12.8. The van der Waals surface area contributed by atoms with Crippen LogP contribution in [-0.4, -0.2) is 17.5 Å². The average molecular weight is 397 g/mol. The summed E-state index contributed by atoms with van der Waals surface area (Å²) in [6.07, 6.45) is 15.7. The molecule has 1 amide bonds. The number of allylic oxidation sites excluding steroid dienone is 6. The van der Waals surface area contributed by atoms with Crippen LogP contribution in [0.1, 0.15) is 72.6 Å². The number of nitrogens with one attached hydrogen (secondary N) is 1. The molecule has 1 N–H and O–H groups in total. The summed E-state index contributed by atoms with van der Waals surface area (Å²) in [7, 11) is 0. The van der Waals surface area contributed by atoms with Gasteiger partial charge in [0.15, 0.2) is 5.78 Å². The molecular formula is C25H34NO3. The summed E-state index contributed by atoms with van der Waals surface area (Å²) in [6, 6.07) is 0. The first-order chi connectivity index (χ1) is 13.8. The topological polar surface area (TPSA) is 63.2 Å². The van der Waals surface area contributed by atoms with E-state index in [1.165, 1.54) is 17.7 Å². The van der Waals surface area contributed by atoms with Gasteiger partial charge in [0.05, 0.1) is 5.70 Å². The summed E-state index contributed by atoms with van der Waals surface area (Å²) in [5.41, 5.74) is 2.47. The lowest BCUT2D eigenvalue weighted by Crippen LogP contribution is -2.31. The highest BCUT2D eigenvalue weighted by atomic mass is 16.2. The molecule has 0 saturated carbocycles. The number of carbonyl (C=O) groups excluding carboxylic acids is 3. The van der Waals surface area contributed by atoms with Crippen molar-refractivity contribution in [1.82, 2.24) is 5.32 Å². The summed E-state index contributed by atoms with van der Waals surface area (Å²) in [5.74, 6) is 0.0340. The van der Waals surface area contributed by atoms with Gasteiger partial charge in [-0.05, 0) is 70.3 Å². The molecule has 157 valence electrons. The summed E-state index contributed by atoms with van der Waals surface area (Å²) in [6.45, 7) is 8.25. The monoisotopic (exact) mass is 396 g/mol. The molecule has 0 spiro atoms. The first-order valence-electron chi connectivity index (χ1n) is 10.8. The van der Waals surface area contributed by atoms with Gasteiger partial charge < -0.3 is 5.32 Å². The largest absolute Gasteiger partial charge is 0.319 e. The van der Waals surface area contributed by atoms with Gasteiger partial charge in [0, 0.05) is 17.2 Å². The second-order valence-electron chi connectivity index (χ2n) is 8.56. The summed E-state index contributed by atoms with van der Waals surface area (Å²) >= 11 is 0. The Labute approximate surface area is 175 Å². The second-order valence-corrected chi connectivity index (χ2v) is 8.56. The molecule has 1 radical (unpaired) electrons. The lowest BCUT2D eigenvalue weighted by molar-refractivity contribution is -0.120. The minimum Gasteiger partial charge on any atom is -0.319 e. The van der Waals surface area contributed by atoms with Crippen LogP contribution < -0.4 is 5.32 Å². The van der Waals surface area contributed by atoms with Crippen LogP contribution in [0.25, 0.3) is 0 Å². The van der Waals surface area contributed by atoms with Crippen molar-refractivity contribution in [1.29, 1.82) is 0 Å². The Morgan fingerprint density at radius 3 is 2.48 bits per heavy atom. The van der Waals surface area contributed by atoms with Crippen molar-refractivity contribution in [2.24, 2.45) is 11.8 Å². The van der Waals surface area contributed by atoms with Crippen molar-refractivity contribution in [2.45, 2.75) is 72.6 Å². The van der Waals surface area contributed by atoms with Gasteiger partial charge >= 0.3 is 0 Å². The van der Waals surface area contributed by atoms with Crippen LogP contribution in [0.5, 0.6) is 0 Å². The van der Waals surface area contributed by atoms with Crippen molar-refractivity contribution in [3.8, 4) is 0 Å². The van der Waals surface area contributed by atoms with Crippen LogP contribution in [0.3, 0.4) is 0 Å². The molecule has 0 fully saturated rings. The zero-order chi connectivity index (χ0) is 21.4. The normalized spacial score (nSPS) is 26.1. The zero-order valence-electron chi connectivity index (χ0n) is 18.2. The van der Waals surface area contributed by atoms with Gasteiger partial charge in [0.25, 0.3) is 5.91 Å². The number of amides is 1. The fourth-order valence-corrected chi connectivity index (χ4v) is 3.85. The number of Topliss-reactive ketones (excluding diaryl/α,β-unsaturated/α-hetero) is 1. The number of fused-ring (bicyclic) bond motifs is 2. The third-order valence-electron chi connectivity index (χ3n) is 5.54. The quantitative estimate of drug-likeness (QED) is 0.574. The lowest BCUT2D eigenvalue weighted by Gasteiger charge is -2.18. The highest BCUT2D eigenvalue weighted by molar-refractivity contribution is 6.21. The van der Waals surface area contributed by atoms with E-state index in [9.17, 15) is 14.4 Å². The molecule has 1 aliphatic heterocycles. The standard InChI is InChI=1S/C25H34NO3/c1-17-9-6-5-7-12-20(4)25(29)26-23-16-22(27)15-21(24(23)28)14-19(3)11-8-10-18(2)13-17/h9,12-13,15-16,18-19H,5-8,10-11,14H2,1-4H3,(H,26,29). The van der Waals surface area contributed by atoms with E-state index in [2.05, 4.69) is 38.6 Å². The molecule has 2 rings (SSSR count). The van der Waals surface area contributed by atoms with E-state index in [0.717, 1.165) is 38.5 Å². The Morgan fingerprint density at radius 1 is 0.966 bits per heavy atom. The average Bonchev–Trinajstić information content (AvgIpc) is 2.64. The van der Waals surface area contributed by atoms with Gasteiger partial charge in [-0.3, -0.25) is 14.4 Å². The molecule has 1 aliphatic carbocycles. The highest BCUT2D eigenvalue weighted by Crippen LogP contribution is 2.24. The Morgan fingerprint density at radius 2 is 1.72 bits per heavy atom. The minimum absolute atomic E-state index is 0.0946. The van der Waals surface area contributed by atoms with E-state index in [0.29, 0.717) is 29.4 Å². The maximum atomic E-state index is 12.8. The lowest BCUT2D eigenvalue weighted by atomic mass is 9.88. The van der Waals surface area contributed by atoms with Crippen LogP contribution in [0, 0.1) is 18.3 Å². The third kappa shape index (κ3) is 7.60. The van der Waals surface area contributed by atoms with Gasteiger partial charge in [0.2, 0.25) is 5.78 Å². The Kier molecular flexibility index (Phi) is 8.81. The van der Waals surface area contributed by atoms with E-state index in [1.54, 1.807) is 6.92 Å². The predicted octanol–water partition coefficient (Wildman–Crippen LogP) is 5.18. The van der Waals surface area contributed by atoms with Crippen molar-refractivity contribution >= 4 is 17.5 Å². The zero-order valence-corrected chi connectivity index (χ0v) is 18.2. The fourth-order valence-electron chi connectivity index (χ4n) is 3.85. The van der Waals surface area contributed by atoms with E-state index in [4.69, 9.17) is 0 Å². The molecule has 2 atom stereocenters. The smallest absolute Gasteiger partial charge is 0.251 e. The molecule has 4 heteroatoms. The SMILES string of the molecule is CC1=CC(C)CCCC(C)CC2=CC(=O)C=C(NC(=O)C(C)=CCCC[CH]1)C2=O. The number of carbonyl (C=O) groups is 3. The van der Waals surface area contributed by atoms with Crippen LogP contribution in [0.4, 0.5) is 0 Å². The van der Waals surface area contributed by atoms with Crippen molar-refractivity contribution in [3.05, 3.63) is 53.1 Å². The second kappa shape index (κ2) is 11.1. The molecule has 2 unspecified atom stereocenters. The van der Waals surface area contributed by atoms with Gasteiger partial charge in [-0.1, -0.05) is 44.4 Å². The molecule has 0 aromatic heterocycles. The summed E-state index contributed by atoms with van der Waals surface area (Å²) < 4.78 is 0. The van der Waals surface area contributed by atoms with Crippen LogP contribution >= 0.6 is 0 Å². The fraction of sp³-hybridized carbons (Fsp3) is 0.520. The summed E-state index contributed by atoms with van der Waals surface area (Å²) in [5, 5.41) is 2.65. The number of ketones is 2. The molecule has 2 bridgehead atoms. The molecule has 1 heterocycles. The number of hydrogen-bond acceptors (Lipinski definition) is 3. The number of rotatable bonds is 0. The van der Waals surface area contributed by atoms with Gasteiger partial charge in [0.1, 0.15) is 0 Å². The Bertz CT molecular complexity index is 767. The molecule has 29 heavy (non-hydrogen) atoms. The number of hydrogen-bond donors (Lipinski definition) is 1. The van der Waals surface area contributed by atoms with E-state index in [-0.39, 0.29) is 23.2 Å². The molecule has 4 nitrogen and oxygen atoms in total. The maximum Gasteiger partial charge on any atom is 0.251 e. The third-order valence-corrected chi connectivity index (χ3v) is 5.54. The molecular weight excluding hydrogens is 362 g/mol. The Balaban J connectivity index is 2.16. The molecule has 0 aromatic rings. The first-order valence-corrected chi connectivity index (χ1v) is 10.8. The van der Waals surface area contributed by atoms with E-state index < -0.39 is 0 Å². The molecule has 0 aromatic carbocycles. The van der Waals surface area contributed by atoms with E-state index >= 15 is 0 Å². The van der Waals surface area contributed by atoms with Gasteiger partial charge in [-0.2, -0.15) is 0 Å². The van der Waals surface area contributed by atoms with Crippen molar-refractivity contribution < 1.29 is 14.4 Å². The van der Waals surface area contributed by atoms with Gasteiger partial charge in [-0.25, -0.2) is 0 Å².